The van der Waals surface area contributed by atoms with Gasteiger partial charge in [-0.15, -0.1) is 0 Å². The van der Waals surface area contributed by atoms with E-state index in [4.69, 9.17) is 0 Å². The van der Waals surface area contributed by atoms with Crippen LogP contribution in [0, 0.1) is 6.92 Å². The Morgan fingerprint density at radius 3 is 2.38 bits per heavy atom. The average Bonchev–Trinajstić information content (AvgIpc) is 2.19. The molecule has 1 heterocycles. The summed E-state index contributed by atoms with van der Waals surface area (Å²) in [5.74, 6) is 1.27. The quantitative estimate of drug-likeness (QED) is 0.540. The fourth-order valence-electron chi connectivity index (χ4n) is 0.702. The van der Waals surface area contributed by atoms with E-state index in [9.17, 15) is 0 Å². The zero-order valence-electron chi connectivity index (χ0n) is 4.88. The minimum absolute atomic E-state index is 0.131. The van der Waals surface area contributed by atoms with Crippen LogP contribution in [0.3, 0.4) is 0 Å². The lowest BCUT2D eigenvalue weighted by atomic mass is 10.6. The van der Waals surface area contributed by atoms with E-state index in [-0.39, 0.29) is 10.9 Å². The fraction of sp³-hybridized carbons (Fsp3) is 0.286. The van der Waals surface area contributed by atoms with E-state index < -0.39 is 0 Å². The maximum atomic E-state index is 3.80. The number of hydrogen-bond acceptors (Lipinski definition) is 0. The van der Waals surface area contributed by atoms with Gasteiger partial charge in [0.05, 0.1) is 0 Å². The standard InChI is InChI=1S/C7H11S/c1-2-5-8-6-3-4-7-8/h3-4,6-8H,1-2,5H2. The minimum Gasteiger partial charge on any atom is -0.213 e. The van der Waals surface area contributed by atoms with Crippen molar-refractivity contribution in [3.05, 3.63) is 29.9 Å². The van der Waals surface area contributed by atoms with Crippen LogP contribution in [0.2, 0.25) is 0 Å². The van der Waals surface area contributed by atoms with Gasteiger partial charge in [0, 0.05) is 0 Å². The molecule has 1 aliphatic heterocycles. The Balaban J connectivity index is 2.27. The zero-order chi connectivity index (χ0) is 5.82. The van der Waals surface area contributed by atoms with E-state index in [2.05, 4.69) is 29.9 Å². The van der Waals surface area contributed by atoms with Crippen LogP contribution < -0.4 is 0 Å². The van der Waals surface area contributed by atoms with Crippen molar-refractivity contribution in [1.82, 2.24) is 0 Å². The molecule has 1 aliphatic rings. The van der Waals surface area contributed by atoms with Gasteiger partial charge in [0.1, 0.15) is 0 Å². The van der Waals surface area contributed by atoms with Crippen LogP contribution in [0.25, 0.3) is 0 Å². The van der Waals surface area contributed by atoms with Gasteiger partial charge in [-0.05, 0) is 23.0 Å². The predicted molar refractivity (Wildman–Crippen MR) is 42.1 cm³/mol. The molecule has 0 unspecified atom stereocenters. The van der Waals surface area contributed by atoms with Gasteiger partial charge in [-0.25, -0.2) is 10.9 Å². The van der Waals surface area contributed by atoms with Crippen molar-refractivity contribution in [2.45, 2.75) is 6.42 Å². The molecule has 0 N–H and O–H groups in total. The zero-order valence-corrected chi connectivity index (χ0v) is 5.77. The van der Waals surface area contributed by atoms with Crippen LogP contribution >= 0.6 is 10.9 Å². The molecule has 45 valence electrons. The molecule has 0 aromatic heterocycles. The predicted octanol–water partition coefficient (Wildman–Crippen LogP) is 2.25. The van der Waals surface area contributed by atoms with E-state index in [1.54, 1.807) is 0 Å². The molecule has 1 heteroatoms. The molecule has 0 saturated heterocycles. The van der Waals surface area contributed by atoms with Crippen molar-refractivity contribution >= 4 is 10.9 Å². The molecule has 0 aromatic carbocycles. The van der Waals surface area contributed by atoms with E-state index in [0.29, 0.717) is 0 Å². The number of thiol groups is 1. The lowest BCUT2D eigenvalue weighted by Gasteiger charge is -2.04. The topological polar surface area (TPSA) is 0 Å². The van der Waals surface area contributed by atoms with Gasteiger partial charge < -0.3 is 0 Å². The molecule has 0 spiro atoms. The van der Waals surface area contributed by atoms with Crippen molar-refractivity contribution in [3.8, 4) is 0 Å². The first kappa shape index (κ1) is 5.96. The second-order valence-corrected chi connectivity index (χ2v) is 3.85. The summed E-state index contributed by atoms with van der Waals surface area (Å²) in [6.07, 6.45) is 5.32. The van der Waals surface area contributed by atoms with Crippen LogP contribution in [-0.2, 0) is 0 Å². The van der Waals surface area contributed by atoms with Gasteiger partial charge in [-0.2, -0.15) is 0 Å². The summed E-state index contributed by atoms with van der Waals surface area (Å²) in [6.45, 7) is 3.80. The van der Waals surface area contributed by atoms with E-state index >= 15 is 0 Å². The first-order valence-corrected chi connectivity index (χ1v) is 4.50. The van der Waals surface area contributed by atoms with E-state index in [0.717, 1.165) is 6.42 Å². The molecule has 0 bridgehead atoms. The fourth-order valence-corrected chi connectivity index (χ4v) is 2.11. The third-order valence-electron chi connectivity index (χ3n) is 1.08. The smallest absolute Gasteiger partial charge is 0.0185 e. The van der Waals surface area contributed by atoms with Crippen molar-refractivity contribution < 1.29 is 0 Å². The molecular formula is C7H11S. The van der Waals surface area contributed by atoms with Crippen LogP contribution in [0.15, 0.2) is 23.0 Å². The van der Waals surface area contributed by atoms with Crippen molar-refractivity contribution in [1.29, 1.82) is 0 Å². The van der Waals surface area contributed by atoms with Crippen molar-refractivity contribution in [2.75, 3.05) is 5.75 Å². The number of allylic oxidation sites excluding steroid dienone is 2. The summed E-state index contributed by atoms with van der Waals surface area (Å²) >= 11 is 0. The molecule has 0 nitrogen and oxygen atoms in total. The van der Waals surface area contributed by atoms with Crippen LogP contribution in [0.4, 0.5) is 0 Å². The van der Waals surface area contributed by atoms with Gasteiger partial charge >= 0.3 is 0 Å². The first-order chi connectivity index (χ1) is 3.93. The van der Waals surface area contributed by atoms with Gasteiger partial charge in [0.25, 0.3) is 0 Å². The highest BCUT2D eigenvalue weighted by Gasteiger charge is 1.94. The lowest BCUT2D eigenvalue weighted by Crippen LogP contribution is -1.75. The Morgan fingerprint density at radius 2 is 1.88 bits per heavy atom. The molecular weight excluding hydrogens is 116 g/mol. The molecule has 0 atom stereocenters. The highest BCUT2D eigenvalue weighted by molar-refractivity contribution is 8.22. The highest BCUT2D eigenvalue weighted by atomic mass is 32.2. The first-order valence-electron chi connectivity index (χ1n) is 2.83. The number of rotatable bonds is 2. The summed E-state index contributed by atoms with van der Waals surface area (Å²) in [5, 5.41) is 4.56. The Bertz CT molecular complexity index is 102. The molecule has 1 rings (SSSR count). The molecule has 0 amide bonds. The van der Waals surface area contributed by atoms with Gasteiger partial charge in [0.2, 0.25) is 0 Å². The summed E-state index contributed by atoms with van der Waals surface area (Å²) in [6, 6.07) is 0. The SMILES string of the molecule is [CH2]CC[SH]1C=CC=C1. The number of hydrogen-bond donors (Lipinski definition) is 1. The van der Waals surface area contributed by atoms with E-state index in [1.807, 2.05) is 0 Å². The Hall–Kier alpha value is -0.170. The highest BCUT2D eigenvalue weighted by Crippen LogP contribution is 2.32. The van der Waals surface area contributed by atoms with Gasteiger partial charge in [-0.1, -0.05) is 19.1 Å². The molecule has 0 aliphatic carbocycles. The minimum atomic E-state index is 0.131. The Morgan fingerprint density at radius 1 is 1.25 bits per heavy atom. The van der Waals surface area contributed by atoms with Crippen LogP contribution in [-0.4, -0.2) is 5.75 Å². The summed E-state index contributed by atoms with van der Waals surface area (Å²) in [4.78, 5) is 0. The Labute approximate surface area is 53.6 Å². The van der Waals surface area contributed by atoms with Crippen LogP contribution in [0.5, 0.6) is 0 Å². The van der Waals surface area contributed by atoms with Crippen molar-refractivity contribution in [2.24, 2.45) is 0 Å². The largest absolute Gasteiger partial charge is 0.213 e. The maximum absolute atomic E-state index is 3.80. The second kappa shape index (κ2) is 2.98. The van der Waals surface area contributed by atoms with Crippen LogP contribution in [0.1, 0.15) is 6.42 Å². The maximum Gasteiger partial charge on any atom is -0.0185 e. The van der Waals surface area contributed by atoms with Crippen molar-refractivity contribution in [3.63, 3.8) is 0 Å². The molecule has 1 radical (unpaired) electrons. The van der Waals surface area contributed by atoms with Gasteiger partial charge in [0.15, 0.2) is 0 Å². The molecule has 0 aromatic rings. The molecule has 8 heavy (non-hydrogen) atoms. The molecule has 0 saturated carbocycles. The monoisotopic (exact) mass is 127 g/mol. The third-order valence-corrected chi connectivity index (χ3v) is 3.03. The second-order valence-electron chi connectivity index (χ2n) is 1.77. The summed E-state index contributed by atoms with van der Waals surface area (Å²) in [5.41, 5.74) is 0. The normalized spacial score (nSPS) is 20.4. The van der Waals surface area contributed by atoms with E-state index in [1.165, 1.54) is 5.75 Å². The third kappa shape index (κ3) is 1.41. The lowest BCUT2D eigenvalue weighted by molar-refractivity contribution is 1.25. The Kier molecular flexibility index (Phi) is 2.22. The van der Waals surface area contributed by atoms with Gasteiger partial charge in [-0.3, -0.25) is 0 Å². The summed E-state index contributed by atoms with van der Waals surface area (Å²) in [7, 11) is 0.131. The molecule has 0 fully saturated rings. The summed E-state index contributed by atoms with van der Waals surface area (Å²) < 4.78 is 0. The average molecular weight is 127 g/mol.